The first kappa shape index (κ1) is 13.6. The van der Waals surface area contributed by atoms with Crippen molar-refractivity contribution >= 4 is 27.3 Å². The van der Waals surface area contributed by atoms with E-state index in [1.54, 1.807) is 18.2 Å². The number of aromatic nitrogens is 1. The maximum Gasteiger partial charge on any atom is 0.265 e. The van der Waals surface area contributed by atoms with Crippen molar-refractivity contribution in [1.82, 2.24) is 4.98 Å². The first-order valence-electron chi connectivity index (χ1n) is 5.30. The lowest BCUT2D eigenvalue weighted by Crippen LogP contribution is -2.14. The van der Waals surface area contributed by atoms with Gasteiger partial charge in [-0.1, -0.05) is 23.7 Å². The minimum absolute atomic E-state index is 0.0606. The Kier molecular flexibility index (Phi) is 3.92. The van der Waals surface area contributed by atoms with Gasteiger partial charge in [-0.2, -0.15) is 0 Å². The summed E-state index contributed by atoms with van der Waals surface area (Å²) in [5, 5.41) is 0.209. The van der Waals surface area contributed by atoms with Gasteiger partial charge in [0.15, 0.2) is 0 Å². The Morgan fingerprint density at radius 1 is 1.26 bits per heavy atom. The Labute approximate surface area is 116 Å². The number of rotatable bonds is 4. The minimum atomic E-state index is -3.73. The van der Waals surface area contributed by atoms with Crippen LogP contribution in [0.3, 0.4) is 0 Å². The molecule has 1 N–H and O–H groups in total. The number of ether oxygens (including phenoxy) is 1. The number of nitrogens with one attached hydrogen (secondary N) is 1. The molecule has 100 valence electrons. The fraction of sp³-hybridized carbons (Fsp3) is 0.0833. The van der Waals surface area contributed by atoms with Crippen molar-refractivity contribution in [3.63, 3.8) is 0 Å². The maximum absolute atomic E-state index is 12.2. The van der Waals surface area contributed by atoms with E-state index in [9.17, 15) is 8.42 Å². The van der Waals surface area contributed by atoms with Gasteiger partial charge in [0.25, 0.3) is 10.0 Å². The van der Waals surface area contributed by atoms with Crippen LogP contribution < -0.4 is 9.46 Å². The third-order valence-corrected chi connectivity index (χ3v) is 3.96. The van der Waals surface area contributed by atoms with Gasteiger partial charge in [0.1, 0.15) is 15.8 Å². The number of sulfonamides is 1. The number of nitrogens with zero attached hydrogens (tertiary/aromatic N) is 1. The van der Waals surface area contributed by atoms with Gasteiger partial charge in [-0.15, -0.1) is 0 Å². The molecule has 0 aliphatic carbocycles. The van der Waals surface area contributed by atoms with Crippen molar-refractivity contribution in [1.29, 1.82) is 0 Å². The molecule has 0 unspecified atom stereocenters. The van der Waals surface area contributed by atoms with E-state index in [1.165, 1.54) is 31.5 Å². The van der Waals surface area contributed by atoms with E-state index in [1.807, 2.05) is 0 Å². The number of methoxy groups -OCH3 is 1. The van der Waals surface area contributed by atoms with E-state index >= 15 is 0 Å². The van der Waals surface area contributed by atoms with Crippen LogP contribution in [0.2, 0.25) is 5.15 Å². The van der Waals surface area contributed by atoms with Crippen molar-refractivity contribution in [3.8, 4) is 5.75 Å². The zero-order valence-electron chi connectivity index (χ0n) is 10.00. The average molecular weight is 299 g/mol. The standard InChI is InChI=1S/C12H11ClN2O3S/c1-18-10-4-2-3-5-11(10)19(16,17)15-9-6-7-14-12(13)8-9/h2-8H,1H3,(H,14,15). The summed E-state index contributed by atoms with van der Waals surface area (Å²) in [5.41, 5.74) is 0.339. The minimum Gasteiger partial charge on any atom is -0.495 e. The van der Waals surface area contributed by atoms with Crippen LogP contribution in [-0.2, 0) is 10.0 Å². The normalized spacial score (nSPS) is 11.1. The Bertz CT molecular complexity index is 689. The Morgan fingerprint density at radius 2 is 2.00 bits per heavy atom. The summed E-state index contributed by atoms with van der Waals surface area (Å²) in [4.78, 5) is 3.84. The van der Waals surface area contributed by atoms with Crippen LogP contribution in [0.25, 0.3) is 0 Å². The molecule has 0 fully saturated rings. The number of anilines is 1. The molecule has 0 radical (unpaired) electrons. The van der Waals surface area contributed by atoms with Crippen molar-refractivity contribution in [2.75, 3.05) is 11.8 Å². The first-order chi connectivity index (χ1) is 9.03. The highest BCUT2D eigenvalue weighted by Crippen LogP contribution is 2.25. The molecule has 1 aromatic carbocycles. The van der Waals surface area contributed by atoms with Crippen LogP contribution in [0.5, 0.6) is 5.75 Å². The number of hydrogen-bond donors (Lipinski definition) is 1. The van der Waals surface area contributed by atoms with E-state index in [0.717, 1.165) is 0 Å². The molecule has 7 heteroatoms. The van der Waals surface area contributed by atoms with Gasteiger partial charge in [0.2, 0.25) is 0 Å². The fourth-order valence-electron chi connectivity index (χ4n) is 1.52. The number of benzene rings is 1. The lowest BCUT2D eigenvalue weighted by atomic mass is 10.3. The van der Waals surface area contributed by atoms with Crippen LogP contribution in [0.4, 0.5) is 5.69 Å². The molecule has 0 spiro atoms. The highest BCUT2D eigenvalue weighted by Gasteiger charge is 2.19. The Morgan fingerprint density at radius 3 is 2.68 bits per heavy atom. The molecule has 0 aliphatic heterocycles. The molecule has 1 aromatic heterocycles. The largest absolute Gasteiger partial charge is 0.495 e. The maximum atomic E-state index is 12.2. The van der Waals surface area contributed by atoms with Crippen molar-refractivity contribution < 1.29 is 13.2 Å². The van der Waals surface area contributed by atoms with E-state index in [2.05, 4.69) is 9.71 Å². The molecule has 0 amide bonds. The summed E-state index contributed by atoms with van der Waals surface area (Å²) in [6.07, 6.45) is 1.42. The fourth-order valence-corrected chi connectivity index (χ4v) is 2.91. The second kappa shape index (κ2) is 5.46. The average Bonchev–Trinajstić information content (AvgIpc) is 2.38. The van der Waals surface area contributed by atoms with E-state index < -0.39 is 10.0 Å². The predicted molar refractivity (Wildman–Crippen MR) is 73.0 cm³/mol. The van der Waals surface area contributed by atoms with E-state index in [0.29, 0.717) is 5.69 Å². The van der Waals surface area contributed by atoms with Crippen LogP contribution in [0.1, 0.15) is 0 Å². The SMILES string of the molecule is COc1ccccc1S(=O)(=O)Nc1ccnc(Cl)c1. The summed E-state index contributed by atoms with van der Waals surface area (Å²) in [5.74, 6) is 0.273. The van der Waals surface area contributed by atoms with Gasteiger partial charge in [-0.3, -0.25) is 4.72 Å². The highest BCUT2D eigenvalue weighted by molar-refractivity contribution is 7.92. The number of halogens is 1. The van der Waals surface area contributed by atoms with E-state index in [4.69, 9.17) is 16.3 Å². The first-order valence-corrected chi connectivity index (χ1v) is 7.16. The summed E-state index contributed by atoms with van der Waals surface area (Å²) >= 11 is 5.71. The second-order valence-corrected chi connectivity index (χ2v) is 5.66. The monoisotopic (exact) mass is 298 g/mol. The summed E-state index contributed by atoms with van der Waals surface area (Å²) in [7, 11) is -2.32. The lowest BCUT2D eigenvalue weighted by molar-refractivity contribution is 0.403. The zero-order chi connectivity index (χ0) is 13.9. The van der Waals surface area contributed by atoms with Gasteiger partial charge in [-0.25, -0.2) is 13.4 Å². The third-order valence-electron chi connectivity index (χ3n) is 2.34. The molecule has 0 aliphatic rings. The van der Waals surface area contributed by atoms with Gasteiger partial charge in [-0.05, 0) is 24.3 Å². The number of pyridine rings is 1. The quantitative estimate of drug-likeness (QED) is 0.881. The predicted octanol–water partition coefficient (Wildman–Crippen LogP) is 2.54. The second-order valence-electron chi connectivity index (χ2n) is 3.62. The molecule has 0 atom stereocenters. The number of hydrogen-bond acceptors (Lipinski definition) is 4. The lowest BCUT2D eigenvalue weighted by Gasteiger charge is -2.11. The molecule has 2 aromatic rings. The summed E-state index contributed by atoms with van der Waals surface area (Å²) < 4.78 is 31.9. The van der Waals surface area contributed by atoms with Crippen molar-refractivity contribution in [2.24, 2.45) is 0 Å². The molecule has 0 saturated heterocycles. The van der Waals surface area contributed by atoms with Crippen LogP contribution in [0, 0.1) is 0 Å². The molecule has 0 bridgehead atoms. The summed E-state index contributed by atoms with van der Waals surface area (Å²) in [6.45, 7) is 0. The van der Waals surface area contributed by atoms with Crippen LogP contribution in [-0.4, -0.2) is 20.5 Å². The van der Waals surface area contributed by atoms with Gasteiger partial charge >= 0.3 is 0 Å². The number of para-hydroxylation sites is 1. The topological polar surface area (TPSA) is 68.3 Å². The smallest absolute Gasteiger partial charge is 0.265 e. The summed E-state index contributed by atoms with van der Waals surface area (Å²) in [6, 6.07) is 9.29. The highest BCUT2D eigenvalue weighted by atomic mass is 35.5. The zero-order valence-corrected chi connectivity index (χ0v) is 11.6. The van der Waals surface area contributed by atoms with Crippen LogP contribution in [0.15, 0.2) is 47.5 Å². The van der Waals surface area contributed by atoms with E-state index in [-0.39, 0.29) is 15.8 Å². The molecule has 2 rings (SSSR count). The van der Waals surface area contributed by atoms with Gasteiger partial charge < -0.3 is 4.74 Å². The molecular formula is C12H11ClN2O3S. The third kappa shape index (κ3) is 3.15. The van der Waals surface area contributed by atoms with Crippen molar-refractivity contribution in [2.45, 2.75) is 4.90 Å². The Balaban J connectivity index is 2.38. The Hall–Kier alpha value is -1.79. The molecule has 5 nitrogen and oxygen atoms in total. The van der Waals surface area contributed by atoms with Gasteiger partial charge in [0.05, 0.1) is 12.8 Å². The molecular weight excluding hydrogens is 288 g/mol. The van der Waals surface area contributed by atoms with Crippen molar-refractivity contribution in [3.05, 3.63) is 47.7 Å². The molecule has 1 heterocycles. The van der Waals surface area contributed by atoms with Gasteiger partial charge in [0, 0.05) is 6.20 Å². The van der Waals surface area contributed by atoms with Crippen LogP contribution >= 0.6 is 11.6 Å². The molecule has 0 saturated carbocycles. The molecule has 19 heavy (non-hydrogen) atoms.